The highest BCUT2D eigenvalue weighted by Crippen LogP contribution is 2.18. The zero-order valence-electron chi connectivity index (χ0n) is 11.0. The first kappa shape index (κ1) is 12.7. The maximum atomic E-state index is 12.2. The lowest BCUT2D eigenvalue weighted by molar-refractivity contribution is 0.0744. The summed E-state index contributed by atoms with van der Waals surface area (Å²) in [5.41, 5.74) is 2.41. The van der Waals surface area contributed by atoms with Crippen LogP contribution in [-0.4, -0.2) is 34.6 Å². The number of amides is 1. The smallest absolute Gasteiger partial charge is 0.257 e. The fraction of sp³-hybridized carbons (Fsp3) is 0.667. The fourth-order valence-electron chi connectivity index (χ4n) is 1.84. The van der Waals surface area contributed by atoms with Crippen LogP contribution in [0, 0.1) is 19.3 Å². The Morgan fingerprint density at radius 3 is 2.31 bits per heavy atom. The van der Waals surface area contributed by atoms with Gasteiger partial charge in [-0.25, -0.2) is 0 Å². The van der Waals surface area contributed by atoms with Crippen molar-refractivity contribution < 1.29 is 4.79 Å². The Morgan fingerprint density at radius 1 is 1.38 bits per heavy atom. The van der Waals surface area contributed by atoms with E-state index in [0.29, 0.717) is 5.56 Å². The van der Waals surface area contributed by atoms with Crippen LogP contribution >= 0.6 is 0 Å². The number of carbonyl (C=O) groups is 1. The van der Waals surface area contributed by atoms with Crippen LogP contribution in [0.2, 0.25) is 0 Å². The topological polar surface area (TPSA) is 49.0 Å². The van der Waals surface area contributed by atoms with Gasteiger partial charge in [0.2, 0.25) is 0 Å². The van der Waals surface area contributed by atoms with Crippen molar-refractivity contribution >= 4 is 5.91 Å². The average molecular weight is 223 g/mol. The van der Waals surface area contributed by atoms with Crippen LogP contribution < -0.4 is 0 Å². The molecule has 1 aromatic heterocycles. The molecule has 90 valence electrons. The summed E-state index contributed by atoms with van der Waals surface area (Å²) in [6, 6.07) is 0. The average Bonchev–Trinajstić information content (AvgIpc) is 2.42. The lowest BCUT2D eigenvalue weighted by atomic mass is 9.96. The van der Waals surface area contributed by atoms with Crippen LogP contribution in [-0.2, 0) is 0 Å². The standard InChI is InChI=1S/C12H21N3O/c1-8-10(9(2)14-13-8)11(16)15(6)7-12(3,4)5/h7H2,1-6H3,(H,13,14). The van der Waals surface area contributed by atoms with Crippen molar-refractivity contribution in [3.63, 3.8) is 0 Å². The third-order valence-electron chi connectivity index (χ3n) is 2.40. The zero-order valence-corrected chi connectivity index (χ0v) is 11.0. The summed E-state index contributed by atoms with van der Waals surface area (Å²) >= 11 is 0. The Labute approximate surface area is 97.0 Å². The maximum Gasteiger partial charge on any atom is 0.257 e. The molecule has 0 saturated carbocycles. The SMILES string of the molecule is Cc1n[nH]c(C)c1C(=O)N(C)CC(C)(C)C. The first-order chi connectivity index (χ1) is 7.22. The van der Waals surface area contributed by atoms with Crippen molar-refractivity contribution in [1.82, 2.24) is 15.1 Å². The molecule has 1 N–H and O–H groups in total. The minimum Gasteiger partial charge on any atom is -0.341 e. The van der Waals surface area contributed by atoms with E-state index in [0.717, 1.165) is 17.9 Å². The van der Waals surface area contributed by atoms with Crippen molar-refractivity contribution in [2.24, 2.45) is 5.41 Å². The third kappa shape index (κ3) is 2.84. The molecule has 0 spiro atoms. The van der Waals surface area contributed by atoms with Gasteiger partial charge in [-0.15, -0.1) is 0 Å². The quantitative estimate of drug-likeness (QED) is 0.835. The molecule has 1 rings (SSSR count). The molecule has 0 aliphatic heterocycles. The molecule has 0 aliphatic carbocycles. The van der Waals surface area contributed by atoms with Crippen molar-refractivity contribution in [1.29, 1.82) is 0 Å². The molecule has 16 heavy (non-hydrogen) atoms. The molecule has 0 atom stereocenters. The molecule has 0 radical (unpaired) electrons. The highest BCUT2D eigenvalue weighted by atomic mass is 16.2. The van der Waals surface area contributed by atoms with Crippen molar-refractivity contribution in [3.05, 3.63) is 17.0 Å². The maximum absolute atomic E-state index is 12.2. The van der Waals surface area contributed by atoms with Gasteiger partial charge in [0.05, 0.1) is 11.3 Å². The number of aryl methyl sites for hydroxylation is 2. The van der Waals surface area contributed by atoms with E-state index in [9.17, 15) is 4.79 Å². The van der Waals surface area contributed by atoms with Crippen LogP contribution in [0.1, 0.15) is 42.5 Å². The number of hydrogen-bond acceptors (Lipinski definition) is 2. The van der Waals surface area contributed by atoms with Gasteiger partial charge in [0.25, 0.3) is 5.91 Å². The molecular weight excluding hydrogens is 202 g/mol. The van der Waals surface area contributed by atoms with E-state index in [4.69, 9.17) is 0 Å². The van der Waals surface area contributed by atoms with Gasteiger partial charge >= 0.3 is 0 Å². The first-order valence-corrected chi connectivity index (χ1v) is 5.49. The van der Waals surface area contributed by atoms with Gasteiger partial charge in [0, 0.05) is 19.3 Å². The van der Waals surface area contributed by atoms with Gasteiger partial charge < -0.3 is 4.90 Å². The lowest BCUT2D eigenvalue weighted by Gasteiger charge is -2.26. The largest absolute Gasteiger partial charge is 0.341 e. The predicted molar refractivity (Wildman–Crippen MR) is 64.5 cm³/mol. The van der Waals surface area contributed by atoms with Gasteiger partial charge in [-0.05, 0) is 19.3 Å². The normalized spacial score (nSPS) is 11.6. The molecule has 4 nitrogen and oxygen atoms in total. The van der Waals surface area contributed by atoms with Crippen molar-refractivity contribution in [3.8, 4) is 0 Å². The highest BCUT2D eigenvalue weighted by Gasteiger charge is 2.22. The second-order valence-electron chi connectivity index (χ2n) is 5.53. The summed E-state index contributed by atoms with van der Waals surface area (Å²) < 4.78 is 0. The summed E-state index contributed by atoms with van der Waals surface area (Å²) in [5.74, 6) is 0.0404. The Balaban J connectivity index is 2.87. The number of aromatic amines is 1. The minimum absolute atomic E-state index is 0.0404. The van der Waals surface area contributed by atoms with Gasteiger partial charge in [-0.2, -0.15) is 5.10 Å². The predicted octanol–water partition coefficient (Wildman–Crippen LogP) is 2.14. The molecule has 0 bridgehead atoms. The van der Waals surface area contributed by atoms with Gasteiger partial charge in [0.1, 0.15) is 0 Å². The molecule has 1 heterocycles. The fourth-order valence-corrected chi connectivity index (χ4v) is 1.84. The van der Waals surface area contributed by atoms with E-state index < -0.39 is 0 Å². The Hall–Kier alpha value is -1.32. The number of hydrogen-bond donors (Lipinski definition) is 1. The molecule has 0 aromatic carbocycles. The number of rotatable bonds is 2. The third-order valence-corrected chi connectivity index (χ3v) is 2.40. The molecule has 1 aromatic rings. The molecule has 0 aliphatic rings. The van der Waals surface area contributed by atoms with E-state index in [1.54, 1.807) is 4.90 Å². The Bertz CT molecular complexity index is 368. The summed E-state index contributed by atoms with van der Waals surface area (Å²) in [5, 5.41) is 6.88. The van der Waals surface area contributed by atoms with E-state index in [1.807, 2.05) is 20.9 Å². The molecule has 0 saturated heterocycles. The number of carbonyl (C=O) groups excluding carboxylic acids is 1. The lowest BCUT2D eigenvalue weighted by Crippen LogP contribution is -2.35. The van der Waals surface area contributed by atoms with E-state index >= 15 is 0 Å². The Morgan fingerprint density at radius 2 is 1.94 bits per heavy atom. The molecule has 0 fully saturated rings. The van der Waals surface area contributed by atoms with Gasteiger partial charge in [-0.1, -0.05) is 20.8 Å². The number of nitrogens with one attached hydrogen (secondary N) is 1. The monoisotopic (exact) mass is 223 g/mol. The number of aromatic nitrogens is 2. The number of nitrogens with zero attached hydrogens (tertiary/aromatic N) is 2. The summed E-state index contributed by atoms with van der Waals surface area (Å²) in [6.45, 7) is 10.8. The van der Waals surface area contributed by atoms with Crippen LogP contribution in [0.5, 0.6) is 0 Å². The van der Waals surface area contributed by atoms with Crippen LogP contribution in [0.3, 0.4) is 0 Å². The van der Waals surface area contributed by atoms with Crippen LogP contribution in [0.25, 0.3) is 0 Å². The summed E-state index contributed by atoms with van der Waals surface area (Å²) in [6.07, 6.45) is 0. The van der Waals surface area contributed by atoms with E-state index in [-0.39, 0.29) is 11.3 Å². The van der Waals surface area contributed by atoms with Crippen molar-refractivity contribution in [2.75, 3.05) is 13.6 Å². The molecule has 0 unspecified atom stereocenters. The van der Waals surface area contributed by atoms with Crippen molar-refractivity contribution in [2.45, 2.75) is 34.6 Å². The molecule has 1 amide bonds. The summed E-state index contributed by atoms with van der Waals surface area (Å²) in [4.78, 5) is 13.9. The second kappa shape index (κ2) is 4.28. The van der Waals surface area contributed by atoms with E-state index in [2.05, 4.69) is 31.0 Å². The van der Waals surface area contributed by atoms with Crippen LogP contribution in [0.15, 0.2) is 0 Å². The first-order valence-electron chi connectivity index (χ1n) is 5.49. The van der Waals surface area contributed by atoms with Gasteiger partial charge in [0.15, 0.2) is 0 Å². The van der Waals surface area contributed by atoms with E-state index in [1.165, 1.54) is 0 Å². The minimum atomic E-state index is 0.0404. The second-order valence-corrected chi connectivity index (χ2v) is 5.53. The number of H-pyrrole nitrogens is 1. The summed E-state index contributed by atoms with van der Waals surface area (Å²) in [7, 11) is 1.83. The molecular formula is C12H21N3O. The Kier molecular flexibility index (Phi) is 3.41. The zero-order chi connectivity index (χ0) is 12.5. The molecule has 4 heteroatoms. The van der Waals surface area contributed by atoms with Crippen LogP contribution in [0.4, 0.5) is 0 Å². The highest BCUT2D eigenvalue weighted by molar-refractivity contribution is 5.96. The van der Waals surface area contributed by atoms with Gasteiger partial charge in [-0.3, -0.25) is 9.89 Å².